The number of nitrogens with one attached hydrogen (secondary N) is 2. The van der Waals surface area contributed by atoms with Gasteiger partial charge >= 0.3 is 0 Å². The highest BCUT2D eigenvalue weighted by atomic mass is 19.1. The molecule has 0 aromatic heterocycles. The summed E-state index contributed by atoms with van der Waals surface area (Å²) in [5, 5.41) is 6.62. The second-order valence-electron chi connectivity index (χ2n) is 8.91. The lowest BCUT2D eigenvalue weighted by molar-refractivity contribution is -1.000. The van der Waals surface area contributed by atoms with Crippen molar-refractivity contribution >= 4 is 11.6 Å². The first kappa shape index (κ1) is 19.4. The number of hydrazone groups is 1. The zero-order valence-corrected chi connectivity index (χ0v) is 17.4. The third-order valence-electron chi connectivity index (χ3n) is 6.91. The molecular weight excluding hydrogens is 379 g/mol. The molecule has 5 rings (SSSR count). The van der Waals surface area contributed by atoms with Gasteiger partial charge in [0.05, 0.1) is 18.8 Å². The molecule has 0 saturated carbocycles. The third kappa shape index (κ3) is 3.55. The van der Waals surface area contributed by atoms with Crippen molar-refractivity contribution < 1.29 is 19.0 Å². The minimum Gasteiger partial charge on any atom is -0.328 e. The predicted octanol–water partition coefficient (Wildman–Crippen LogP) is 0.0889. The van der Waals surface area contributed by atoms with Gasteiger partial charge in [-0.25, -0.2) is 9.40 Å². The van der Waals surface area contributed by atoms with Gasteiger partial charge in [0.1, 0.15) is 32.0 Å². The summed E-state index contributed by atoms with van der Waals surface area (Å²) in [5.41, 5.74) is 4.43. The topological polar surface area (TPSA) is 41.6 Å². The Morgan fingerprint density at radius 1 is 1.10 bits per heavy atom. The molecule has 1 saturated heterocycles. The highest BCUT2D eigenvalue weighted by Gasteiger charge is 2.44. The van der Waals surface area contributed by atoms with Crippen LogP contribution in [0.4, 0.5) is 4.39 Å². The Hall–Kier alpha value is -2.57. The number of carbonyl (C=O) groups is 1. The SMILES string of the molecule is C[NH+]1CC[NH+](CC(=O)N2N=C3c4ccccc4CC[C@H]3[C@H]2c2ccc(F)cc2)CC1. The summed E-state index contributed by atoms with van der Waals surface area (Å²) in [6, 6.07) is 14.8. The Labute approximate surface area is 176 Å². The number of benzene rings is 2. The smallest absolute Gasteiger partial charge is 0.298 e. The highest BCUT2D eigenvalue weighted by Crippen LogP contribution is 2.43. The van der Waals surface area contributed by atoms with Crippen molar-refractivity contribution in [3.05, 3.63) is 71.0 Å². The van der Waals surface area contributed by atoms with Gasteiger partial charge in [-0.05, 0) is 36.1 Å². The van der Waals surface area contributed by atoms with E-state index < -0.39 is 0 Å². The lowest BCUT2D eigenvalue weighted by Crippen LogP contribution is -3.27. The molecule has 2 aromatic carbocycles. The van der Waals surface area contributed by atoms with E-state index in [1.54, 1.807) is 5.01 Å². The van der Waals surface area contributed by atoms with E-state index in [1.165, 1.54) is 27.5 Å². The number of aryl methyl sites for hydroxylation is 1. The number of quaternary nitrogens is 2. The lowest BCUT2D eigenvalue weighted by Gasteiger charge is -2.31. The van der Waals surface area contributed by atoms with E-state index in [2.05, 4.69) is 25.2 Å². The van der Waals surface area contributed by atoms with Crippen LogP contribution in [0.25, 0.3) is 0 Å². The quantitative estimate of drug-likeness (QED) is 0.743. The summed E-state index contributed by atoms with van der Waals surface area (Å²) in [7, 11) is 2.21. The fourth-order valence-corrected chi connectivity index (χ4v) is 5.17. The zero-order valence-electron chi connectivity index (χ0n) is 17.4. The predicted molar refractivity (Wildman–Crippen MR) is 113 cm³/mol. The zero-order chi connectivity index (χ0) is 20.7. The minimum absolute atomic E-state index is 0.0678. The molecule has 0 radical (unpaired) electrons. The first-order chi connectivity index (χ1) is 14.6. The summed E-state index contributed by atoms with van der Waals surface area (Å²) >= 11 is 0. The van der Waals surface area contributed by atoms with E-state index in [9.17, 15) is 9.18 Å². The monoisotopic (exact) mass is 408 g/mol. The molecule has 30 heavy (non-hydrogen) atoms. The third-order valence-corrected chi connectivity index (χ3v) is 6.91. The Morgan fingerprint density at radius 2 is 1.83 bits per heavy atom. The van der Waals surface area contributed by atoms with Gasteiger partial charge < -0.3 is 9.80 Å². The van der Waals surface area contributed by atoms with Gasteiger partial charge in [-0.15, -0.1) is 0 Å². The number of fused-ring (bicyclic) bond motifs is 3. The van der Waals surface area contributed by atoms with Crippen LogP contribution in [0.3, 0.4) is 0 Å². The maximum atomic E-state index is 13.6. The Bertz CT molecular complexity index is 965. The average Bonchev–Trinajstić information content (AvgIpc) is 3.16. The van der Waals surface area contributed by atoms with Gasteiger partial charge in [0, 0.05) is 11.5 Å². The summed E-state index contributed by atoms with van der Waals surface area (Å²) in [6.07, 6.45) is 1.93. The lowest BCUT2D eigenvalue weighted by atomic mass is 9.77. The number of likely N-dealkylation sites (N-methyl/N-ethyl adjacent to an activating group) is 1. The van der Waals surface area contributed by atoms with Gasteiger partial charge in [0.25, 0.3) is 5.91 Å². The molecule has 3 aliphatic rings. The first-order valence-corrected chi connectivity index (χ1v) is 11.0. The molecule has 2 atom stereocenters. The van der Waals surface area contributed by atoms with Crippen LogP contribution in [0.15, 0.2) is 53.6 Å². The van der Waals surface area contributed by atoms with Crippen molar-refractivity contribution in [3.8, 4) is 0 Å². The van der Waals surface area contributed by atoms with Crippen molar-refractivity contribution in [3.63, 3.8) is 0 Å². The van der Waals surface area contributed by atoms with Gasteiger partial charge in [0.2, 0.25) is 0 Å². The second kappa shape index (κ2) is 7.93. The largest absolute Gasteiger partial charge is 0.328 e. The number of hydrogen-bond acceptors (Lipinski definition) is 2. The van der Waals surface area contributed by atoms with Crippen molar-refractivity contribution in [1.29, 1.82) is 0 Å². The molecule has 0 spiro atoms. The van der Waals surface area contributed by atoms with Crippen LogP contribution in [0.5, 0.6) is 0 Å². The number of halogens is 1. The van der Waals surface area contributed by atoms with Crippen molar-refractivity contribution in [2.45, 2.75) is 18.9 Å². The van der Waals surface area contributed by atoms with Crippen LogP contribution >= 0.6 is 0 Å². The van der Waals surface area contributed by atoms with E-state index >= 15 is 0 Å². The van der Waals surface area contributed by atoms with E-state index in [-0.39, 0.29) is 23.7 Å². The number of nitrogens with zero attached hydrogens (tertiary/aromatic N) is 2. The van der Waals surface area contributed by atoms with Crippen molar-refractivity contribution in [1.82, 2.24) is 5.01 Å². The van der Waals surface area contributed by atoms with Crippen LogP contribution in [-0.2, 0) is 11.2 Å². The van der Waals surface area contributed by atoms with Gasteiger partial charge in [0.15, 0.2) is 6.54 Å². The molecule has 0 unspecified atom stereocenters. The molecule has 0 bridgehead atoms. The molecule has 6 heteroatoms. The minimum atomic E-state index is -0.255. The fourth-order valence-electron chi connectivity index (χ4n) is 5.17. The van der Waals surface area contributed by atoms with E-state index in [0.29, 0.717) is 6.54 Å². The molecule has 2 aromatic rings. The van der Waals surface area contributed by atoms with Crippen molar-refractivity contribution in [2.24, 2.45) is 11.0 Å². The normalized spacial score (nSPS) is 27.9. The Balaban J connectivity index is 1.47. The molecule has 2 N–H and O–H groups in total. The van der Waals surface area contributed by atoms with E-state index in [4.69, 9.17) is 5.10 Å². The Morgan fingerprint density at radius 3 is 2.60 bits per heavy atom. The summed E-state index contributed by atoms with van der Waals surface area (Å²) in [5.74, 6) is -0.0337. The standard InChI is InChI=1S/C24H27FN4O/c1-27-12-14-28(15-13-27)16-22(30)29-24(18-6-9-19(25)10-7-18)21-11-8-17-4-2-3-5-20(17)23(21)26-29/h2-7,9-10,21,24H,8,11-16H2,1H3/p+2/t21-,24-/m1/s1. The molecule has 1 fully saturated rings. The Kier molecular flexibility index (Phi) is 5.13. The van der Waals surface area contributed by atoms with E-state index in [1.807, 2.05) is 18.2 Å². The van der Waals surface area contributed by atoms with Crippen LogP contribution < -0.4 is 9.80 Å². The number of rotatable bonds is 3. The van der Waals surface area contributed by atoms with Crippen molar-refractivity contribution in [2.75, 3.05) is 39.8 Å². The summed E-state index contributed by atoms with van der Waals surface area (Å²) in [4.78, 5) is 16.3. The summed E-state index contributed by atoms with van der Waals surface area (Å²) < 4.78 is 13.6. The van der Waals surface area contributed by atoms with Gasteiger partial charge in [-0.1, -0.05) is 36.4 Å². The van der Waals surface area contributed by atoms with Gasteiger partial charge in [-0.2, -0.15) is 5.10 Å². The highest BCUT2D eigenvalue weighted by molar-refractivity contribution is 6.06. The number of piperazine rings is 1. The number of hydrogen-bond donors (Lipinski definition) is 2. The number of amides is 1. The molecular formula is C24H29FN4O+2. The maximum Gasteiger partial charge on any atom is 0.298 e. The number of carbonyl (C=O) groups excluding carboxylic acids is 1. The molecule has 2 heterocycles. The van der Waals surface area contributed by atoms with Gasteiger partial charge in [-0.3, -0.25) is 4.79 Å². The van der Waals surface area contributed by atoms with Crippen LogP contribution in [0.1, 0.15) is 29.2 Å². The molecule has 1 aliphatic carbocycles. The maximum absolute atomic E-state index is 13.6. The van der Waals surface area contributed by atoms with Crippen LogP contribution in [0, 0.1) is 11.7 Å². The molecule has 5 nitrogen and oxygen atoms in total. The first-order valence-electron chi connectivity index (χ1n) is 11.0. The van der Waals surface area contributed by atoms with Crippen LogP contribution in [0.2, 0.25) is 0 Å². The molecule has 1 amide bonds. The van der Waals surface area contributed by atoms with E-state index in [0.717, 1.165) is 55.9 Å². The van der Waals surface area contributed by atoms with Crippen LogP contribution in [-0.4, -0.2) is 56.4 Å². The fraction of sp³-hybridized carbons (Fsp3) is 0.417. The summed E-state index contributed by atoms with van der Waals surface area (Å²) in [6.45, 7) is 4.67. The molecule has 156 valence electrons. The average molecular weight is 409 g/mol. The molecule has 2 aliphatic heterocycles. The second-order valence-corrected chi connectivity index (χ2v) is 8.91.